The number of hydrogen-bond donors (Lipinski definition) is 0. The molecule has 1 aromatic rings. The normalized spacial score (nSPS) is 25.9. The zero-order valence-corrected chi connectivity index (χ0v) is 15.9. The molecule has 2 aliphatic heterocycles. The molecule has 2 fully saturated rings. The molecule has 1 unspecified atom stereocenters. The Labute approximate surface area is 152 Å². The number of nitrogens with zero attached hydrogens (tertiary/aromatic N) is 2. The van der Waals surface area contributed by atoms with Gasteiger partial charge in [0.1, 0.15) is 22.7 Å². The van der Waals surface area contributed by atoms with E-state index in [0.717, 1.165) is 24.1 Å². The standard InChI is InChI=1S/C19H26N2O3S/c1-19(2,3)25(23)20-15-11-16-9-10-17(12-15)21(16)18(22)24-13-14-7-5-4-6-8-14/h4-8,16-17H,9-13H2,1-3H3/b20-15-/t16-,17+,25?/m0/s1. The topological polar surface area (TPSA) is 65.0 Å². The summed E-state index contributed by atoms with van der Waals surface area (Å²) in [5, 5.41) is 0. The zero-order chi connectivity index (χ0) is 18.0. The molecule has 2 aliphatic rings. The van der Waals surface area contributed by atoms with Crippen molar-refractivity contribution in [3.05, 3.63) is 35.9 Å². The van der Waals surface area contributed by atoms with Crippen molar-refractivity contribution >= 4 is 23.2 Å². The minimum absolute atomic E-state index is 0.123. The van der Waals surface area contributed by atoms with Gasteiger partial charge >= 0.3 is 6.09 Å². The summed E-state index contributed by atoms with van der Waals surface area (Å²) in [6.07, 6.45) is 3.10. The van der Waals surface area contributed by atoms with E-state index >= 15 is 0 Å². The van der Waals surface area contributed by atoms with Crippen molar-refractivity contribution in [3.63, 3.8) is 0 Å². The fourth-order valence-electron chi connectivity index (χ4n) is 3.41. The van der Waals surface area contributed by atoms with Crippen LogP contribution in [0.5, 0.6) is 0 Å². The number of carbonyl (C=O) groups excluding carboxylic acids is 1. The maximum Gasteiger partial charge on any atom is 0.410 e. The summed E-state index contributed by atoms with van der Waals surface area (Å²) < 4.78 is 21.9. The number of ether oxygens (including phenoxy) is 1. The van der Waals surface area contributed by atoms with Crippen molar-refractivity contribution in [1.29, 1.82) is 0 Å². The van der Waals surface area contributed by atoms with Crippen LogP contribution >= 0.6 is 0 Å². The molecule has 1 aromatic carbocycles. The molecule has 2 bridgehead atoms. The Kier molecular flexibility index (Phi) is 5.39. The average Bonchev–Trinajstić information content (AvgIpc) is 2.84. The molecule has 6 heteroatoms. The fourth-order valence-corrected chi connectivity index (χ4v) is 4.07. The molecule has 0 aromatic heterocycles. The highest BCUT2D eigenvalue weighted by atomic mass is 32.2. The Balaban J connectivity index is 1.61. The van der Waals surface area contributed by atoms with Gasteiger partial charge in [-0.05, 0) is 39.2 Å². The van der Waals surface area contributed by atoms with Gasteiger partial charge in [0.05, 0.1) is 5.71 Å². The smallest absolute Gasteiger partial charge is 0.410 e. The third kappa shape index (κ3) is 4.36. The van der Waals surface area contributed by atoms with Crippen molar-refractivity contribution in [2.45, 2.75) is 69.9 Å². The first kappa shape index (κ1) is 18.3. The maximum atomic E-state index is 12.5. The number of rotatable bonds is 3. The summed E-state index contributed by atoms with van der Waals surface area (Å²) in [6.45, 7) is 6.08. The second-order valence-electron chi connectivity index (χ2n) is 7.76. The van der Waals surface area contributed by atoms with Crippen LogP contribution in [-0.4, -0.2) is 38.1 Å². The SMILES string of the molecule is CC(C)(C)[S+]([O-])/N=C1\C[C@H]2CC[C@@H](C1)N2C(=O)OCc1ccccc1. The lowest BCUT2D eigenvalue weighted by Gasteiger charge is -2.34. The highest BCUT2D eigenvalue weighted by Gasteiger charge is 2.44. The molecule has 0 spiro atoms. The maximum absolute atomic E-state index is 12.5. The van der Waals surface area contributed by atoms with Gasteiger partial charge in [0, 0.05) is 24.9 Å². The molecule has 3 rings (SSSR count). The third-order valence-electron chi connectivity index (χ3n) is 4.71. The molecule has 0 saturated carbocycles. The van der Waals surface area contributed by atoms with Gasteiger partial charge in [-0.25, -0.2) is 4.79 Å². The van der Waals surface area contributed by atoms with E-state index in [1.807, 2.05) is 56.0 Å². The van der Waals surface area contributed by atoms with Gasteiger partial charge in [0.25, 0.3) is 0 Å². The number of hydrogen-bond acceptors (Lipinski definition) is 4. The van der Waals surface area contributed by atoms with E-state index in [1.54, 1.807) is 0 Å². The van der Waals surface area contributed by atoms with Crippen molar-refractivity contribution in [3.8, 4) is 0 Å². The van der Waals surface area contributed by atoms with Crippen LogP contribution in [0.4, 0.5) is 4.79 Å². The van der Waals surface area contributed by atoms with Crippen LogP contribution < -0.4 is 0 Å². The number of carbonyl (C=O) groups is 1. The molecule has 25 heavy (non-hydrogen) atoms. The fraction of sp³-hybridized carbons (Fsp3) is 0.579. The van der Waals surface area contributed by atoms with E-state index in [9.17, 15) is 9.35 Å². The first-order valence-corrected chi connectivity index (χ1v) is 9.92. The Hall–Kier alpha value is -1.53. The molecule has 2 heterocycles. The van der Waals surface area contributed by atoms with Gasteiger partial charge in [-0.2, -0.15) is 0 Å². The monoisotopic (exact) mass is 362 g/mol. The van der Waals surface area contributed by atoms with Gasteiger partial charge < -0.3 is 14.2 Å². The summed E-state index contributed by atoms with van der Waals surface area (Å²) in [5.74, 6) is 0. The number of amides is 1. The highest BCUT2D eigenvalue weighted by molar-refractivity contribution is 7.91. The first-order valence-electron chi connectivity index (χ1n) is 8.82. The van der Waals surface area contributed by atoms with Crippen LogP contribution in [0.1, 0.15) is 52.0 Å². The molecule has 0 aliphatic carbocycles. The Morgan fingerprint density at radius 3 is 2.40 bits per heavy atom. The van der Waals surface area contributed by atoms with Gasteiger partial charge in [-0.3, -0.25) is 0 Å². The van der Waals surface area contributed by atoms with Crippen molar-refractivity contribution in [2.75, 3.05) is 0 Å². The summed E-state index contributed by atoms with van der Waals surface area (Å²) in [7, 11) is 0. The molecule has 136 valence electrons. The summed E-state index contributed by atoms with van der Waals surface area (Å²) >= 11 is -1.23. The van der Waals surface area contributed by atoms with Crippen LogP contribution in [0, 0.1) is 0 Å². The Morgan fingerprint density at radius 1 is 1.24 bits per heavy atom. The molecule has 3 atom stereocenters. The lowest BCUT2D eigenvalue weighted by Crippen LogP contribution is -2.47. The Bertz CT molecular complexity index is 626. The highest BCUT2D eigenvalue weighted by Crippen LogP contribution is 2.36. The van der Waals surface area contributed by atoms with Crippen LogP contribution in [0.2, 0.25) is 0 Å². The molecule has 5 nitrogen and oxygen atoms in total. The second kappa shape index (κ2) is 7.38. The van der Waals surface area contributed by atoms with Gasteiger partial charge in [-0.1, -0.05) is 34.7 Å². The van der Waals surface area contributed by atoms with Gasteiger partial charge in [-0.15, -0.1) is 0 Å². The van der Waals surface area contributed by atoms with E-state index in [4.69, 9.17) is 4.74 Å². The predicted octanol–water partition coefficient (Wildman–Crippen LogP) is 3.85. The third-order valence-corrected chi connectivity index (χ3v) is 6.19. The first-order chi connectivity index (χ1) is 11.8. The number of benzene rings is 1. The second-order valence-corrected chi connectivity index (χ2v) is 9.67. The molecular weight excluding hydrogens is 336 g/mol. The summed E-state index contributed by atoms with van der Waals surface area (Å²) in [6, 6.07) is 9.96. The van der Waals surface area contributed by atoms with Crippen LogP contribution in [-0.2, 0) is 22.7 Å². The quantitative estimate of drug-likeness (QED) is 0.767. The van der Waals surface area contributed by atoms with Crippen molar-refractivity contribution < 1.29 is 14.1 Å². The van der Waals surface area contributed by atoms with E-state index in [2.05, 4.69) is 4.40 Å². The predicted molar refractivity (Wildman–Crippen MR) is 99.8 cm³/mol. The van der Waals surface area contributed by atoms with Gasteiger partial charge in [0.15, 0.2) is 0 Å². The summed E-state index contributed by atoms with van der Waals surface area (Å²) in [4.78, 5) is 14.4. The minimum Gasteiger partial charge on any atom is -0.591 e. The molecule has 1 amide bonds. The van der Waals surface area contributed by atoms with Crippen LogP contribution in [0.3, 0.4) is 0 Å². The van der Waals surface area contributed by atoms with Crippen LogP contribution in [0.15, 0.2) is 34.7 Å². The molecular formula is C19H26N2O3S. The molecule has 0 N–H and O–H groups in total. The van der Waals surface area contributed by atoms with E-state index in [0.29, 0.717) is 19.4 Å². The molecule has 0 radical (unpaired) electrons. The Morgan fingerprint density at radius 2 is 1.84 bits per heavy atom. The lowest BCUT2D eigenvalue weighted by atomic mass is 10.0. The largest absolute Gasteiger partial charge is 0.591 e. The van der Waals surface area contributed by atoms with E-state index in [-0.39, 0.29) is 22.9 Å². The summed E-state index contributed by atoms with van der Waals surface area (Å²) in [5.41, 5.74) is 1.97. The minimum atomic E-state index is -1.23. The zero-order valence-electron chi connectivity index (χ0n) is 15.1. The van der Waals surface area contributed by atoms with Gasteiger partial charge in [0.2, 0.25) is 0 Å². The number of piperidine rings is 1. The van der Waals surface area contributed by atoms with E-state index < -0.39 is 11.4 Å². The van der Waals surface area contributed by atoms with E-state index in [1.165, 1.54) is 0 Å². The van der Waals surface area contributed by atoms with Crippen molar-refractivity contribution in [1.82, 2.24) is 4.90 Å². The average molecular weight is 362 g/mol. The molecule has 2 saturated heterocycles. The number of fused-ring (bicyclic) bond motifs is 2. The lowest BCUT2D eigenvalue weighted by molar-refractivity contribution is 0.0766. The van der Waals surface area contributed by atoms with Crippen molar-refractivity contribution in [2.24, 2.45) is 4.40 Å². The van der Waals surface area contributed by atoms with Crippen LogP contribution in [0.25, 0.3) is 0 Å².